The lowest BCUT2D eigenvalue weighted by Gasteiger charge is -2.20. The molecule has 2 aromatic rings. The van der Waals surface area contributed by atoms with E-state index in [2.05, 4.69) is 21.3 Å². The SMILES string of the molecule is CCNC(=O)NC(=O)[C@@H](Nc1ccc(NC(=O)C2CC2)cc1)c1ccccc1. The average Bonchev–Trinajstić information content (AvgIpc) is 3.53. The van der Waals surface area contributed by atoms with E-state index in [-0.39, 0.29) is 11.8 Å². The van der Waals surface area contributed by atoms with Crippen molar-refractivity contribution in [2.75, 3.05) is 17.2 Å². The third-order valence-corrected chi connectivity index (χ3v) is 4.38. The number of amides is 4. The molecule has 0 aliphatic heterocycles. The summed E-state index contributed by atoms with van der Waals surface area (Å²) in [5, 5.41) is 10.9. The number of nitrogens with one attached hydrogen (secondary N) is 4. The standard InChI is InChI=1S/C21H24N4O3/c1-2-22-21(28)25-20(27)18(14-6-4-3-5-7-14)23-16-10-12-17(13-11-16)24-19(26)15-8-9-15/h3-7,10-13,15,18,23H,2,8-9H2,1H3,(H,24,26)(H2,22,25,27,28)/t18-/m0/s1. The predicted octanol–water partition coefficient (Wildman–Crippen LogP) is 3.03. The van der Waals surface area contributed by atoms with E-state index < -0.39 is 18.0 Å². The molecule has 0 saturated heterocycles. The van der Waals surface area contributed by atoms with Crippen molar-refractivity contribution in [1.29, 1.82) is 0 Å². The molecule has 28 heavy (non-hydrogen) atoms. The van der Waals surface area contributed by atoms with Crippen LogP contribution >= 0.6 is 0 Å². The Morgan fingerprint density at radius 2 is 1.61 bits per heavy atom. The van der Waals surface area contributed by atoms with Crippen molar-refractivity contribution in [3.8, 4) is 0 Å². The summed E-state index contributed by atoms with van der Waals surface area (Å²) in [5.41, 5.74) is 2.14. The second-order valence-electron chi connectivity index (χ2n) is 6.68. The Morgan fingerprint density at radius 3 is 2.21 bits per heavy atom. The van der Waals surface area contributed by atoms with Crippen LogP contribution in [0.1, 0.15) is 31.4 Å². The van der Waals surface area contributed by atoms with E-state index in [1.807, 2.05) is 30.3 Å². The molecule has 1 atom stereocenters. The van der Waals surface area contributed by atoms with E-state index in [1.165, 1.54) is 0 Å². The van der Waals surface area contributed by atoms with Gasteiger partial charge in [0.15, 0.2) is 0 Å². The third-order valence-electron chi connectivity index (χ3n) is 4.38. The highest BCUT2D eigenvalue weighted by Crippen LogP contribution is 2.30. The van der Waals surface area contributed by atoms with E-state index in [4.69, 9.17) is 0 Å². The van der Waals surface area contributed by atoms with E-state index in [0.29, 0.717) is 17.9 Å². The van der Waals surface area contributed by atoms with Gasteiger partial charge < -0.3 is 16.0 Å². The Balaban J connectivity index is 1.70. The van der Waals surface area contributed by atoms with Gasteiger partial charge in [0.1, 0.15) is 6.04 Å². The maximum absolute atomic E-state index is 12.6. The minimum Gasteiger partial charge on any atom is -0.370 e. The van der Waals surface area contributed by atoms with Crippen LogP contribution in [0, 0.1) is 5.92 Å². The first-order valence-corrected chi connectivity index (χ1v) is 9.38. The molecular weight excluding hydrogens is 356 g/mol. The first-order valence-electron chi connectivity index (χ1n) is 9.38. The van der Waals surface area contributed by atoms with Crippen molar-refractivity contribution in [3.05, 3.63) is 60.2 Å². The minimum atomic E-state index is -0.740. The predicted molar refractivity (Wildman–Crippen MR) is 108 cm³/mol. The van der Waals surface area contributed by atoms with Gasteiger partial charge in [0, 0.05) is 23.8 Å². The highest BCUT2D eigenvalue weighted by molar-refractivity contribution is 5.99. The Hall–Kier alpha value is -3.35. The zero-order valence-electron chi connectivity index (χ0n) is 15.7. The number of benzene rings is 2. The van der Waals surface area contributed by atoms with Crippen LogP contribution in [-0.4, -0.2) is 24.4 Å². The van der Waals surface area contributed by atoms with E-state index >= 15 is 0 Å². The van der Waals surface area contributed by atoms with Crippen molar-refractivity contribution in [1.82, 2.24) is 10.6 Å². The molecule has 1 fully saturated rings. The molecule has 0 radical (unpaired) electrons. The highest BCUT2D eigenvalue weighted by atomic mass is 16.2. The number of carbonyl (C=O) groups is 3. The van der Waals surface area contributed by atoms with Gasteiger partial charge in [0.05, 0.1) is 0 Å². The molecule has 0 heterocycles. The summed E-state index contributed by atoms with van der Waals surface area (Å²) in [5.74, 6) is -0.273. The van der Waals surface area contributed by atoms with Crippen LogP contribution < -0.4 is 21.3 Å². The fourth-order valence-electron chi connectivity index (χ4n) is 2.74. The summed E-state index contributed by atoms with van der Waals surface area (Å²) < 4.78 is 0. The number of anilines is 2. The number of urea groups is 1. The molecule has 0 aromatic heterocycles. The monoisotopic (exact) mass is 380 g/mol. The van der Waals surface area contributed by atoms with Gasteiger partial charge in [-0.2, -0.15) is 0 Å². The molecule has 0 bridgehead atoms. The van der Waals surface area contributed by atoms with Crippen LogP contribution in [0.5, 0.6) is 0 Å². The molecule has 0 unspecified atom stereocenters. The Morgan fingerprint density at radius 1 is 0.964 bits per heavy atom. The second kappa shape index (κ2) is 9.03. The molecule has 2 aromatic carbocycles. The van der Waals surface area contributed by atoms with Gasteiger partial charge in [0.2, 0.25) is 5.91 Å². The lowest BCUT2D eigenvalue weighted by atomic mass is 10.1. The number of rotatable bonds is 7. The summed E-state index contributed by atoms with van der Waals surface area (Å²) in [6, 6.07) is 15.0. The van der Waals surface area contributed by atoms with Crippen molar-refractivity contribution in [2.24, 2.45) is 5.92 Å². The number of imide groups is 1. The van der Waals surface area contributed by atoms with Crippen LogP contribution in [0.15, 0.2) is 54.6 Å². The highest BCUT2D eigenvalue weighted by Gasteiger charge is 2.29. The van der Waals surface area contributed by atoms with Crippen molar-refractivity contribution in [2.45, 2.75) is 25.8 Å². The maximum Gasteiger partial charge on any atom is 0.321 e. The summed E-state index contributed by atoms with van der Waals surface area (Å²) in [4.78, 5) is 36.2. The molecular formula is C21H24N4O3. The molecule has 1 aliphatic rings. The van der Waals surface area contributed by atoms with E-state index in [9.17, 15) is 14.4 Å². The van der Waals surface area contributed by atoms with Crippen LogP contribution in [0.2, 0.25) is 0 Å². The van der Waals surface area contributed by atoms with Gasteiger partial charge in [0.25, 0.3) is 5.91 Å². The zero-order chi connectivity index (χ0) is 19.9. The van der Waals surface area contributed by atoms with Gasteiger partial charge in [-0.05, 0) is 49.6 Å². The number of hydrogen-bond donors (Lipinski definition) is 4. The number of carbonyl (C=O) groups excluding carboxylic acids is 3. The van der Waals surface area contributed by atoms with Gasteiger partial charge >= 0.3 is 6.03 Å². The second-order valence-corrected chi connectivity index (χ2v) is 6.68. The van der Waals surface area contributed by atoms with Crippen LogP contribution in [-0.2, 0) is 9.59 Å². The lowest BCUT2D eigenvalue weighted by Crippen LogP contribution is -2.43. The molecule has 1 saturated carbocycles. The zero-order valence-corrected chi connectivity index (χ0v) is 15.7. The van der Waals surface area contributed by atoms with Crippen LogP contribution in [0.25, 0.3) is 0 Å². The molecule has 0 spiro atoms. The normalized spacial score (nSPS) is 13.9. The average molecular weight is 380 g/mol. The van der Waals surface area contributed by atoms with E-state index in [0.717, 1.165) is 18.4 Å². The topological polar surface area (TPSA) is 99.3 Å². The first-order chi connectivity index (χ1) is 13.6. The molecule has 7 heteroatoms. The molecule has 146 valence electrons. The smallest absolute Gasteiger partial charge is 0.321 e. The summed E-state index contributed by atoms with van der Waals surface area (Å²) >= 11 is 0. The largest absolute Gasteiger partial charge is 0.370 e. The van der Waals surface area contributed by atoms with Gasteiger partial charge in [-0.15, -0.1) is 0 Å². The first kappa shape index (κ1) is 19.4. The number of hydrogen-bond acceptors (Lipinski definition) is 4. The molecule has 3 rings (SSSR count). The van der Waals surface area contributed by atoms with Gasteiger partial charge in [-0.3, -0.25) is 14.9 Å². The lowest BCUT2D eigenvalue weighted by molar-refractivity contribution is -0.121. The molecule has 1 aliphatic carbocycles. The molecule has 4 N–H and O–H groups in total. The summed E-state index contributed by atoms with van der Waals surface area (Å²) in [6.07, 6.45) is 1.90. The molecule has 7 nitrogen and oxygen atoms in total. The summed E-state index contributed by atoms with van der Waals surface area (Å²) in [6.45, 7) is 2.21. The van der Waals surface area contributed by atoms with Crippen molar-refractivity contribution in [3.63, 3.8) is 0 Å². The maximum atomic E-state index is 12.6. The minimum absolute atomic E-state index is 0.0455. The van der Waals surface area contributed by atoms with E-state index in [1.54, 1.807) is 31.2 Å². The van der Waals surface area contributed by atoms with Crippen molar-refractivity contribution < 1.29 is 14.4 Å². The fraction of sp³-hybridized carbons (Fsp3) is 0.286. The van der Waals surface area contributed by atoms with Crippen LogP contribution in [0.3, 0.4) is 0 Å². The van der Waals surface area contributed by atoms with Gasteiger partial charge in [-0.1, -0.05) is 30.3 Å². The Bertz CT molecular complexity index is 832. The fourth-order valence-corrected chi connectivity index (χ4v) is 2.74. The Kier molecular flexibility index (Phi) is 6.26. The quantitative estimate of drug-likeness (QED) is 0.593. The summed E-state index contributed by atoms with van der Waals surface area (Å²) in [7, 11) is 0. The van der Waals surface area contributed by atoms with Gasteiger partial charge in [-0.25, -0.2) is 4.79 Å². The molecule has 4 amide bonds. The Labute approximate surface area is 163 Å². The van der Waals surface area contributed by atoms with Crippen LogP contribution in [0.4, 0.5) is 16.2 Å². The third kappa shape index (κ3) is 5.33. The van der Waals surface area contributed by atoms with Crippen molar-refractivity contribution >= 4 is 29.2 Å².